The molecule has 1 saturated heterocycles. The summed E-state index contributed by atoms with van der Waals surface area (Å²) in [4.78, 5) is 19.4. The molecule has 1 aliphatic heterocycles. The van der Waals surface area contributed by atoms with Crippen LogP contribution in [0.25, 0.3) is 0 Å². The third-order valence-electron chi connectivity index (χ3n) is 5.18. The number of carbonyl (C=O) groups excluding carboxylic acids is 1. The zero-order valence-corrected chi connectivity index (χ0v) is 18.2. The van der Waals surface area contributed by atoms with Crippen LogP contribution in [-0.4, -0.2) is 41.3 Å². The minimum Gasteiger partial charge on any atom is -0.496 e. The van der Waals surface area contributed by atoms with Crippen molar-refractivity contribution in [2.45, 2.75) is 37.2 Å². The van der Waals surface area contributed by atoms with Gasteiger partial charge in [-0.3, -0.25) is 4.79 Å². The molecule has 1 aromatic carbocycles. The van der Waals surface area contributed by atoms with Crippen LogP contribution < -0.4 is 9.47 Å². The van der Waals surface area contributed by atoms with Gasteiger partial charge in [0.25, 0.3) is 5.91 Å². The second-order valence-electron chi connectivity index (χ2n) is 7.02. The van der Waals surface area contributed by atoms with Gasteiger partial charge in [-0.15, -0.1) is 11.8 Å². The molecule has 1 unspecified atom stereocenters. The summed E-state index contributed by atoms with van der Waals surface area (Å²) >= 11 is 5.27. The highest BCUT2D eigenvalue weighted by atomic mass is 79.9. The number of ether oxygens (including phenoxy) is 2. The maximum Gasteiger partial charge on any atom is 0.256 e. The number of thioether (sulfide) groups is 1. The van der Waals surface area contributed by atoms with Gasteiger partial charge in [-0.25, -0.2) is 4.98 Å². The van der Waals surface area contributed by atoms with Crippen LogP contribution in [-0.2, 0) is 0 Å². The van der Waals surface area contributed by atoms with Crippen molar-refractivity contribution in [2.75, 3.05) is 19.4 Å². The molecule has 0 spiro atoms. The third-order valence-corrected chi connectivity index (χ3v) is 6.92. The number of methoxy groups -OCH3 is 1. The summed E-state index contributed by atoms with van der Waals surface area (Å²) in [5.74, 6) is 2.27. The topological polar surface area (TPSA) is 51.7 Å². The molecule has 148 valence electrons. The normalized spacial score (nSPS) is 19.8. The Labute approximate surface area is 177 Å². The number of rotatable bonds is 5. The Hall–Kier alpha value is -1.73. The van der Waals surface area contributed by atoms with Crippen LogP contribution in [0.15, 0.2) is 41.0 Å². The first-order valence-electron chi connectivity index (χ1n) is 9.54. The van der Waals surface area contributed by atoms with Crippen molar-refractivity contribution in [2.24, 2.45) is 0 Å². The molecule has 2 heterocycles. The molecule has 1 aliphatic carbocycles. The molecule has 7 heteroatoms. The molecule has 0 bridgehead atoms. The summed E-state index contributed by atoms with van der Waals surface area (Å²) in [7, 11) is 1.66. The summed E-state index contributed by atoms with van der Waals surface area (Å²) in [6, 6.07) is 9.53. The maximum atomic E-state index is 13.2. The number of halogens is 1. The van der Waals surface area contributed by atoms with Gasteiger partial charge in [0.1, 0.15) is 17.2 Å². The Bertz CT molecular complexity index is 840. The minimum atomic E-state index is -0.0747. The SMILES string of the molecule is COc1ccc(Br)cc1C1SCCN1C(=O)c1ccc(OC2CCCC2)nc1. The molecule has 2 aromatic rings. The Balaban J connectivity index is 1.51. The van der Waals surface area contributed by atoms with Crippen LogP contribution in [0, 0.1) is 0 Å². The number of aromatic nitrogens is 1. The average molecular weight is 463 g/mol. The Morgan fingerprint density at radius 2 is 2.07 bits per heavy atom. The van der Waals surface area contributed by atoms with Crippen molar-refractivity contribution in [3.05, 3.63) is 52.1 Å². The van der Waals surface area contributed by atoms with Crippen molar-refractivity contribution < 1.29 is 14.3 Å². The number of hydrogen-bond acceptors (Lipinski definition) is 5. The summed E-state index contributed by atoms with van der Waals surface area (Å²) < 4.78 is 12.4. The molecule has 0 N–H and O–H groups in total. The number of pyridine rings is 1. The van der Waals surface area contributed by atoms with Crippen LogP contribution in [0.3, 0.4) is 0 Å². The lowest BCUT2D eigenvalue weighted by atomic mass is 10.1. The lowest BCUT2D eigenvalue weighted by molar-refractivity contribution is 0.0758. The van der Waals surface area contributed by atoms with E-state index in [9.17, 15) is 4.79 Å². The van der Waals surface area contributed by atoms with Crippen molar-refractivity contribution in [1.82, 2.24) is 9.88 Å². The molecule has 28 heavy (non-hydrogen) atoms. The van der Waals surface area contributed by atoms with E-state index in [0.717, 1.165) is 34.4 Å². The van der Waals surface area contributed by atoms with E-state index in [1.807, 2.05) is 35.2 Å². The highest BCUT2D eigenvalue weighted by molar-refractivity contribution is 9.10. The van der Waals surface area contributed by atoms with Gasteiger partial charge in [0.05, 0.1) is 12.7 Å². The van der Waals surface area contributed by atoms with E-state index in [-0.39, 0.29) is 17.4 Å². The minimum absolute atomic E-state index is 0.0167. The first kappa shape index (κ1) is 19.6. The Morgan fingerprint density at radius 3 is 2.79 bits per heavy atom. The van der Waals surface area contributed by atoms with E-state index in [4.69, 9.17) is 9.47 Å². The molecular formula is C21H23BrN2O3S. The van der Waals surface area contributed by atoms with Gasteiger partial charge < -0.3 is 14.4 Å². The number of carbonyl (C=O) groups is 1. The molecule has 2 aliphatic rings. The quantitative estimate of drug-likeness (QED) is 0.621. The smallest absolute Gasteiger partial charge is 0.256 e. The van der Waals surface area contributed by atoms with Crippen molar-refractivity contribution in [3.8, 4) is 11.6 Å². The molecule has 5 nitrogen and oxygen atoms in total. The third kappa shape index (κ3) is 4.15. The zero-order chi connectivity index (χ0) is 19.5. The van der Waals surface area contributed by atoms with Gasteiger partial charge in [-0.2, -0.15) is 0 Å². The second-order valence-corrected chi connectivity index (χ2v) is 9.12. The molecule has 1 amide bonds. The van der Waals surface area contributed by atoms with Crippen molar-refractivity contribution in [1.29, 1.82) is 0 Å². The van der Waals surface area contributed by atoms with Gasteiger partial charge in [0, 0.05) is 34.6 Å². The molecular weight excluding hydrogens is 440 g/mol. The van der Waals surface area contributed by atoms with E-state index >= 15 is 0 Å². The molecule has 1 aromatic heterocycles. The molecule has 2 fully saturated rings. The predicted octanol–water partition coefficient (Wildman–Crippen LogP) is 5.06. The maximum absolute atomic E-state index is 13.2. The van der Waals surface area contributed by atoms with Gasteiger partial charge >= 0.3 is 0 Å². The molecule has 0 radical (unpaired) electrons. The van der Waals surface area contributed by atoms with Crippen LogP contribution >= 0.6 is 27.7 Å². The lowest BCUT2D eigenvalue weighted by Crippen LogP contribution is -2.30. The van der Waals surface area contributed by atoms with Gasteiger partial charge in [-0.1, -0.05) is 15.9 Å². The highest BCUT2D eigenvalue weighted by Gasteiger charge is 2.33. The Morgan fingerprint density at radius 1 is 1.25 bits per heavy atom. The fourth-order valence-corrected chi connectivity index (χ4v) is 5.40. The van der Waals surface area contributed by atoms with Crippen LogP contribution in [0.2, 0.25) is 0 Å². The van der Waals surface area contributed by atoms with E-state index < -0.39 is 0 Å². The summed E-state index contributed by atoms with van der Waals surface area (Å²) in [6.45, 7) is 0.699. The monoisotopic (exact) mass is 462 g/mol. The van der Waals surface area contributed by atoms with Gasteiger partial charge in [-0.05, 0) is 49.9 Å². The highest BCUT2D eigenvalue weighted by Crippen LogP contribution is 2.43. The summed E-state index contributed by atoms with van der Waals surface area (Å²) in [5.41, 5.74) is 1.59. The van der Waals surface area contributed by atoms with Gasteiger partial charge in [0.15, 0.2) is 0 Å². The fourth-order valence-electron chi connectivity index (χ4n) is 3.75. The number of nitrogens with zero attached hydrogens (tertiary/aromatic N) is 2. The predicted molar refractivity (Wildman–Crippen MR) is 114 cm³/mol. The fraction of sp³-hybridized carbons (Fsp3) is 0.429. The molecule has 1 atom stereocenters. The van der Waals surface area contributed by atoms with Gasteiger partial charge in [0.2, 0.25) is 5.88 Å². The number of hydrogen-bond donors (Lipinski definition) is 0. The van der Waals surface area contributed by atoms with E-state index in [0.29, 0.717) is 18.0 Å². The molecule has 4 rings (SSSR count). The Kier molecular flexibility index (Phi) is 6.11. The summed E-state index contributed by atoms with van der Waals surface area (Å²) in [5, 5.41) is -0.0747. The van der Waals surface area contributed by atoms with E-state index in [2.05, 4.69) is 20.9 Å². The second kappa shape index (κ2) is 8.74. The standard InChI is InChI=1S/C21H23BrN2O3S/c1-26-18-8-7-15(22)12-17(18)21-24(10-11-28-21)20(25)14-6-9-19(23-13-14)27-16-4-2-3-5-16/h6-9,12-13,16,21H,2-5,10-11H2,1H3. The molecule has 1 saturated carbocycles. The average Bonchev–Trinajstić information content (AvgIpc) is 3.40. The number of benzene rings is 1. The zero-order valence-electron chi connectivity index (χ0n) is 15.8. The van der Waals surface area contributed by atoms with E-state index in [1.54, 1.807) is 25.1 Å². The lowest BCUT2D eigenvalue weighted by Gasteiger charge is -2.25. The largest absolute Gasteiger partial charge is 0.496 e. The van der Waals surface area contributed by atoms with Crippen LogP contribution in [0.4, 0.5) is 0 Å². The van der Waals surface area contributed by atoms with Crippen LogP contribution in [0.1, 0.15) is 47.0 Å². The first-order chi connectivity index (χ1) is 13.7. The van der Waals surface area contributed by atoms with Crippen molar-refractivity contribution >= 4 is 33.6 Å². The van der Waals surface area contributed by atoms with Crippen molar-refractivity contribution in [3.63, 3.8) is 0 Å². The first-order valence-corrected chi connectivity index (χ1v) is 11.4. The van der Waals surface area contributed by atoms with Crippen LogP contribution in [0.5, 0.6) is 11.6 Å². The summed E-state index contributed by atoms with van der Waals surface area (Å²) in [6.07, 6.45) is 6.50. The number of amides is 1. The van der Waals surface area contributed by atoms with E-state index in [1.165, 1.54) is 12.8 Å².